The second-order valence-electron chi connectivity index (χ2n) is 16.7. The molecule has 3 aromatic heterocycles. The predicted octanol–water partition coefficient (Wildman–Crippen LogP) is 14.6. The summed E-state index contributed by atoms with van der Waals surface area (Å²) in [7, 11) is 0. The van der Waals surface area contributed by atoms with Gasteiger partial charge in [-0.05, 0) is 66.2 Å². The minimum Gasteiger partial charge on any atom is -0.309 e. The van der Waals surface area contributed by atoms with Crippen molar-refractivity contribution in [1.29, 1.82) is 15.8 Å². The third-order valence-electron chi connectivity index (χ3n) is 12.8. The maximum atomic E-state index is 10.3. The van der Waals surface area contributed by atoms with Gasteiger partial charge in [-0.1, -0.05) is 152 Å². The highest BCUT2D eigenvalue weighted by molar-refractivity contribution is 6.12. The van der Waals surface area contributed by atoms with Crippen LogP contribution in [0.15, 0.2) is 212 Å². The molecule has 0 fully saturated rings. The lowest BCUT2D eigenvalue weighted by Crippen LogP contribution is -2.02. The van der Waals surface area contributed by atoms with E-state index in [9.17, 15) is 15.8 Å². The summed E-state index contributed by atoms with van der Waals surface area (Å²) in [6.45, 7) is 0. The fourth-order valence-electron chi connectivity index (χ4n) is 9.83. The Balaban J connectivity index is 1.16. The van der Waals surface area contributed by atoms with Crippen molar-refractivity contribution in [2.45, 2.75) is 0 Å². The molecule has 0 saturated carbocycles. The number of rotatable bonds is 7. The van der Waals surface area contributed by atoms with Crippen molar-refractivity contribution in [2.75, 3.05) is 0 Å². The lowest BCUT2D eigenvalue weighted by Gasteiger charge is -2.20. The normalized spacial score (nSPS) is 11.2. The molecule has 12 aromatic rings. The first-order valence-electron chi connectivity index (χ1n) is 22.2. The van der Waals surface area contributed by atoms with E-state index in [0.29, 0.717) is 17.0 Å². The van der Waals surface area contributed by atoms with Crippen molar-refractivity contribution in [2.24, 2.45) is 0 Å². The van der Waals surface area contributed by atoms with Crippen LogP contribution in [0.3, 0.4) is 0 Å². The third-order valence-corrected chi connectivity index (χ3v) is 12.8. The zero-order valence-corrected chi connectivity index (χ0v) is 36.3. The number of aromatic nitrogens is 4. The first kappa shape index (κ1) is 39.7. The summed E-state index contributed by atoms with van der Waals surface area (Å²) in [5.41, 5.74) is 14.6. The van der Waals surface area contributed by atoms with Crippen LogP contribution in [0, 0.1) is 34.0 Å². The second kappa shape index (κ2) is 16.3. The zero-order chi connectivity index (χ0) is 45.7. The van der Waals surface area contributed by atoms with E-state index in [1.54, 1.807) is 12.1 Å². The summed E-state index contributed by atoms with van der Waals surface area (Å²) in [6.07, 6.45) is 0. The molecule has 9 aromatic carbocycles. The van der Waals surface area contributed by atoms with Crippen LogP contribution >= 0.6 is 0 Å². The van der Waals surface area contributed by atoms with Crippen molar-refractivity contribution in [1.82, 2.24) is 19.1 Å². The smallest absolute Gasteiger partial charge is 0.160 e. The van der Waals surface area contributed by atoms with Gasteiger partial charge >= 0.3 is 0 Å². The van der Waals surface area contributed by atoms with Gasteiger partial charge in [-0.25, -0.2) is 9.97 Å². The van der Waals surface area contributed by atoms with E-state index in [1.165, 1.54) is 10.8 Å². The standard InChI is InChI=1S/C61H35N7/c62-36-39-31-44(37-63)60(45(32-39)38-64)43-28-30-58-51(33-43)49-22-10-14-26-57(49)68(58)59-34-42(53-35-52(40-15-3-1-4-16-40)65-61(66-53)41-17-5-2-6-18-41)27-29-50(59)48-21-9-13-25-56(48)67-54-23-11-7-19-46(54)47-20-8-12-24-55(47)67/h1-35H. The number of hydrogen-bond donors (Lipinski definition) is 0. The van der Waals surface area contributed by atoms with Crippen LogP contribution in [0.1, 0.15) is 16.7 Å². The van der Waals surface area contributed by atoms with Crippen LogP contribution in [0.5, 0.6) is 0 Å². The van der Waals surface area contributed by atoms with E-state index >= 15 is 0 Å². The lowest BCUT2D eigenvalue weighted by molar-refractivity contribution is 1.15. The Bertz CT molecular complexity index is 3980. The van der Waals surface area contributed by atoms with Crippen LogP contribution < -0.4 is 0 Å². The van der Waals surface area contributed by atoms with Gasteiger partial charge in [0.2, 0.25) is 0 Å². The highest BCUT2D eigenvalue weighted by atomic mass is 15.0. The predicted molar refractivity (Wildman–Crippen MR) is 272 cm³/mol. The summed E-state index contributed by atoms with van der Waals surface area (Å²) in [4.78, 5) is 10.4. The van der Waals surface area contributed by atoms with Gasteiger partial charge < -0.3 is 9.13 Å². The quantitative estimate of drug-likeness (QED) is 0.159. The first-order chi connectivity index (χ1) is 33.6. The second-order valence-corrected chi connectivity index (χ2v) is 16.7. The summed E-state index contributed by atoms with van der Waals surface area (Å²) < 4.78 is 4.69. The van der Waals surface area contributed by atoms with Crippen LogP contribution in [0.4, 0.5) is 0 Å². The third kappa shape index (κ3) is 6.49. The Morgan fingerprint density at radius 2 is 0.824 bits per heavy atom. The van der Waals surface area contributed by atoms with Gasteiger partial charge in [0.15, 0.2) is 5.82 Å². The van der Waals surface area contributed by atoms with Gasteiger partial charge in [0, 0.05) is 54.9 Å². The Morgan fingerprint density at radius 1 is 0.338 bits per heavy atom. The minimum absolute atomic E-state index is 0.267. The molecule has 0 spiro atoms. The molecule has 0 bridgehead atoms. The Morgan fingerprint density at radius 3 is 1.44 bits per heavy atom. The van der Waals surface area contributed by atoms with E-state index in [2.05, 4.69) is 167 Å². The number of hydrogen-bond acceptors (Lipinski definition) is 5. The van der Waals surface area contributed by atoms with Crippen LogP contribution in [0.25, 0.3) is 111 Å². The number of benzene rings is 9. The Hall–Kier alpha value is -9.87. The van der Waals surface area contributed by atoms with Crippen molar-refractivity contribution in [3.63, 3.8) is 0 Å². The largest absolute Gasteiger partial charge is 0.309 e. The monoisotopic (exact) mass is 865 g/mol. The molecule has 0 aliphatic rings. The molecule has 12 rings (SSSR count). The molecule has 0 aliphatic heterocycles. The van der Waals surface area contributed by atoms with Gasteiger partial charge in [-0.3, -0.25) is 0 Å². The fraction of sp³-hybridized carbons (Fsp3) is 0. The maximum absolute atomic E-state index is 10.3. The molecule has 68 heavy (non-hydrogen) atoms. The van der Waals surface area contributed by atoms with Gasteiger partial charge in [0.25, 0.3) is 0 Å². The molecular weight excluding hydrogens is 831 g/mol. The average Bonchev–Trinajstić information content (AvgIpc) is 3.93. The highest BCUT2D eigenvalue weighted by Gasteiger charge is 2.23. The summed E-state index contributed by atoms with van der Waals surface area (Å²) in [6, 6.07) is 78.9. The highest BCUT2D eigenvalue weighted by Crippen LogP contribution is 2.43. The van der Waals surface area contributed by atoms with Crippen LogP contribution in [0.2, 0.25) is 0 Å². The molecule has 0 N–H and O–H groups in total. The molecule has 0 unspecified atom stereocenters. The molecule has 0 saturated heterocycles. The average molecular weight is 866 g/mol. The summed E-state index contributed by atoms with van der Waals surface area (Å²) >= 11 is 0. The van der Waals surface area contributed by atoms with E-state index in [-0.39, 0.29) is 16.7 Å². The molecule has 7 heteroatoms. The Labute approximate surface area is 391 Å². The zero-order valence-electron chi connectivity index (χ0n) is 36.3. The first-order valence-corrected chi connectivity index (χ1v) is 22.2. The topological polar surface area (TPSA) is 107 Å². The summed E-state index contributed by atoms with van der Waals surface area (Å²) in [5.74, 6) is 0.630. The van der Waals surface area contributed by atoms with E-state index in [4.69, 9.17) is 9.97 Å². The molecule has 0 aliphatic carbocycles. The molecule has 0 radical (unpaired) electrons. The van der Waals surface area contributed by atoms with E-state index in [1.807, 2.05) is 60.7 Å². The molecule has 3 heterocycles. The summed E-state index contributed by atoms with van der Waals surface area (Å²) in [5, 5.41) is 34.6. The van der Waals surface area contributed by atoms with Gasteiger partial charge in [-0.2, -0.15) is 15.8 Å². The Kier molecular flexibility index (Phi) is 9.51. The van der Waals surface area contributed by atoms with Crippen molar-refractivity contribution >= 4 is 43.6 Å². The van der Waals surface area contributed by atoms with E-state index < -0.39 is 0 Å². The molecule has 0 amide bonds. The molecule has 314 valence electrons. The molecule has 7 nitrogen and oxygen atoms in total. The molecular formula is C61H35N7. The maximum Gasteiger partial charge on any atom is 0.160 e. The minimum atomic E-state index is 0.267. The number of nitriles is 3. The van der Waals surface area contributed by atoms with Crippen LogP contribution in [-0.4, -0.2) is 19.1 Å². The van der Waals surface area contributed by atoms with Gasteiger partial charge in [0.05, 0.1) is 79.7 Å². The molecule has 0 atom stereocenters. The van der Waals surface area contributed by atoms with E-state index in [0.717, 1.165) is 83.4 Å². The number of para-hydroxylation sites is 4. The van der Waals surface area contributed by atoms with Crippen molar-refractivity contribution in [3.05, 3.63) is 229 Å². The van der Waals surface area contributed by atoms with Crippen molar-refractivity contribution < 1.29 is 0 Å². The van der Waals surface area contributed by atoms with Gasteiger partial charge in [0.1, 0.15) is 0 Å². The van der Waals surface area contributed by atoms with Crippen molar-refractivity contribution in [3.8, 4) is 85.7 Å². The fourth-order valence-corrected chi connectivity index (χ4v) is 9.83. The SMILES string of the molecule is N#Cc1cc(C#N)c(-c2ccc3c(c2)c2ccccc2n3-c2cc(-c3cc(-c4ccccc4)nc(-c4ccccc4)n3)ccc2-c2ccccc2-n2c3ccccc3c3ccccc32)c(C#N)c1. The van der Waals surface area contributed by atoms with Crippen LogP contribution in [-0.2, 0) is 0 Å². The lowest BCUT2D eigenvalue weighted by atomic mass is 9.92. The number of fused-ring (bicyclic) bond motifs is 6. The number of nitrogens with zero attached hydrogens (tertiary/aromatic N) is 7. The van der Waals surface area contributed by atoms with Gasteiger partial charge in [-0.15, -0.1) is 0 Å².